The predicted octanol–water partition coefficient (Wildman–Crippen LogP) is 5.40. The lowest BCUT2D eigenvalue weighted by molar-refractivity contribution is -0.143. The Bertz CT molecular complexity index is 1400. The number of aromatic nitrogens is 4. The molecular formula is C32H42F2N6O5. The summed E-state index contributed by atoms with van der Waals surface area (Å²) in [6, 6.07) is 0.962. The number of hydrogen-bond acceptors (Lipinski definition) is 10. The Morgan fingerprint density at radius 2 is 1.73 bits per heavy atom. The second-order valence-electron chi connectivity index (χ2n) is 12.2. The van der Waals surface area contributed by atoms with Crippen molar-refractivity contribution in [3.63, 3.8) is 0 Å². The van der Waals surface area contributed by atoms with Crippen LogP contribution in [0.3, 0.4) is 0 Å². The number of nitrogens with zero attached hydrogens (tertiary/aromatic N) is 5. The van der Waals surface area contributed by atoms with Crippen LogP contribution < -0.4 is 15.0 Å². The lowest BCUT2D eigenvalue weighted by Crippen LogP contribution is -2.43. The van der Waals surface area contributed by atoms with Crippen LogP contribution in [-0.4, -0.2) is 64.8 Å². The standard InChI is InChI=1S/C32H42F2N6O5/c1-19(2)13-26(31(42)43-5)37-30(41)28-24(33)15-23(16-25(28)34)44-12-6-7-21-8-10-40(11-9-21)32-35-17-22(18-36-32)29-38-27(45-39-29)14-20(3)4/h15-21,26H,6-14H2,1-5H3,(H,37,41)/t26-/m0/s1. The highest BCUT2D eigenvalue weighted by Gasteiger charge is 2.27. The number of rotatable bonds is 14. The summed E-state index contributed by atoms with van der Waals surface area (Å²) in [5, 5.41) is 6.41. The van der Waals surface area contributed by atoms with Gasteiger partial charge in [0.25, 0.3) is 5.91 Å². The highest BCUT2D eigenvalue weighted by atomic mass is 19.1. The Morgan fingerprint density at radius 3 is 2.33 bits per heavy atom. The summed E-state index contributed by atoms with van der Waals surface area (Å²) < 4.78 is 45.1. The van der Waals surface area contributed by atoms with Gasteiger partial charge in [0.05, 0.1) is 19.3 Å². The van der Waals surface area contributed by atoms with E-state index in [1.54, 1.807) is 12.4 Å². The summed E-state index contributed by atoms with van der Waals surface area (Å²) in [5.74, 6) is -1.14. The summed E-state index contributed by atoms with van der Waals surface area (Å²) >= 11 is 0. The molecule has 0 bridgehead atoms. The molecule has 1 fully saturated rings. The van der Waals surface area contributed by atoms with E-state index in [0.717, 1.165) is 50.9 Å². The van der Waals surface area contributed by atoms with E-state index >= 15 is 0 Å². The number of anilines is 1. The van der Waals surface area contributed by atoms with Crippen molar-refractivity contribution >= 4 is 17.8 Å². The van der Waals surface area contributed by atoms with Crippen LogP contribution in [0.25, 0.3) is 11.4 Å². The number of halogens is 2. The molecule has 11 nitrogen and oxygen atoms in total. The molecule has 0 spiro atoms. The third kappa shape index (κ3) is 9.41. The van der Waals surface area contributed by atoms with Gasteiger partial charge in [-0.1, -0.05) is 32.9 Å². The van der Waals surface area contributed by atoms with Crippen LogP contribution in [0.5, 0.6) is 5.75 Å². The van der Waals surface area contributed by atoms with Gasteiger partial charge >= 0.3 is 5.97 Å². The molecule has 45 heavy (non-hydrogen) atoms. The average Bonchev–Trinajstić information content (AvgIpc) is 3.46. The van der Waals surface area contributed by atoms with Crippen LogP contribution >= 0.6 is 0 Å². The van der Waals surface area contributed by atoms with Gasteiger partial charge in [0.15, 0.2) is 0 Å². The number of esters is 1. The summed E-state index contributed by atoms with van der Waals surface area (Å²) in [5.41, 5.74) is -0.0603. The molecule has 1 saturated heterocycles. The van der Waals surface area contributed by atoms with Crippen LogP contribution in [0.1, 0.15) is 76.0 Å². The highest BCUT2D eigenvalue weighted by Crippen LogP contribution is 2.26. The van der Waals surface area contributed by atoms with Crippen molar-refractivity contribution in [1.82, 2.24) is 25.4 Å². The second-order valence-corrected chi connectivity index (χ2v) is 12.2. The number of methoxy groups -OCH3 is 1. The number of hydrogen-bond donors (Lipinski definition) is 1. The van der Waals surface area contributed by atoms with Gasteiger partial charge in [-0.3, -0.25) is 4.79 Å². The molecule has 0 unspecified atom stereocenters. The zero-order chi connectivity index (χ0) is 32.5. The van der Waals surface area contributed by atoms with Crippen LogP contribution in [-0.2, 0) is 16.0 Å². The monoisotopic (exact) mass is 628 g/mol. The minimum Gasteiger partial charge on any atom is -0.493 e. The van der Waals surface area contributed by atoms with Gasteiger partial charge in [-0.2, -0.15) is 4.98 Å². The van der Waals surface area contributed by atoms with Gasteiger partial charge in [0.2, 0.25) is 17.7 Å². The van der Waals surface area contributed by atoms with Gasteiger partial charge in [-0.25, -0.2) is 23.5 Å². The van der Waals surface area contributed by atoms with Crippen molar-refractivity contribution in [1.29, 1.82) is 0 Å². The minimum absolute atomic E-state index is 0.000583. The minimum atomic E-state index is -1.06. The van der Waals surface area contributed by atoms with Crippen molar-refractivity contribution in [2.45, 2.75) is 72.3 Å². The number of piperidine rings is 1. The number of nitrogens with one attached hydrogen (secondary N) is 1. The molecule has 1 N–H and O–H groups in total. The number of amides is 1. The van der Waals surface area contributed by atoms with E-state index in [1.807, 2.05) is 13.8 Å². The molecule has 244 valence electrons. The zero-order valence-corrected chi connectivity index (χ0v) is 26.5. The molecule has 3 aromatic rings. The lowest BCUT2D eigenvalue weighted by Gasteiger charge is -2.32. The van der Waals surface area contributed by atoms with E-state index in [9.17, 15) is 18.4 Å². The first-order valence-corrected chi connectivity index (χ1v) is 15.4. The first-order chi connectivity index (χ1) is 21.5. The summed E-state index contributed by atoms with van der Waals surface area (Å²) in [6.45, 7) is 9.81. The maximum absolute atomic E-state index is 14.8. The molecule has 1 atom stereocenters. The van der Waals surface area contributed by atoms with Crippen LogP contribution in [0.4, 0.5) is 14.7 Å². The quantitative estimate of drug-likeness (QED) is 0.183. The van der Waals surface area contributed by atoms with E-state index in [0.29, 0.717) is 41.5 Å². The summed E-state index contributed by atoms with van der Waals surface area (Å²) in [6.07, 6.45) is 7.96. The second kappa shape index (κ2) is 15.7. The van der Waals surface area contributed by atoms with Crippen molar-refractivity contribution in [3.05, 3.63) is 47.6 Å². The fourth-order valence-corrected chi connectivity index (χ4v) is 5.30. The van der Waals surface area contributed by atoms with E-state index in [-0.39, 0.29) is 24.7 Å². The SMILES string of the molecule is COC(=O)[C@H](CC(C)C)NC(=O)c1c(F)cc(OCCCC2CCN(c3ncc(-c4noc(CC(C)C)n4)cn3)CC2)cc1F. The molecule has 2 aromatic heterocycles. The summed E-state index contributed by atoms with van der Waals surface area (Å²) in [7, 11) is 1.19. The van der Waals surface area contributed by atoms with Gasteiger partial charge in [0.1, 0.15) is 29.0 Å². The van der Waals surface area contributed by atoms with Gasteiger partial charge in [-0.15, -0.1) is 0 Å². The molecule has 13 heteroatoms. The molecule has 0 radical (unpaired) electrons. The summed E-state index contributed by atoms with van der Waals surface area (Å²) in [4.78, 5) is 40.2. The first kappa shape index (κ1) is 33.7. The Morgan fingerprint density at radius 1 is 1.07 bits per heavy atom. The molecule has 0 aliphatic carbocycles. The normalized spacial score (nSPS) is 14.6. The zero-order valence-electron chi connectivity index (χ0n) is 26.5. The molecule has 1 amide bonds. The van der Waals surface area contributed by atoms with Crippen LogP contribution in [0.2, 0.25) is 0 Å². The van der Waals surface area contributed by atoms with Crippen LogP contribution in [0, 0.1) is 29.4 Å². The molecule has 0 saturated carbocycles. The lowest BCUT2D eigenvalue weighted by atomic mass is 9.92. The van der Waals surface area contributed by atoms with E-state index in [4.69, 9.17) is 14.0 Å². The topological polar surface area (TPSA) is 133 Å². The van der Waals surface area contributed by atoms with Crippen molar-refractivity contribution in [3.8, 4) is 17.1 Å². The van der Waals surface area contributed by atoms with Crippen molar-refractivity contribution in [2.24, 2.45) is 17.8 Å². The number of carbonyl (C=O) groups excluding carboxylic acids is 2. The van der Waals surface area contributed by atoms with Crippen LogP contribution in [0.15, 0.2) is 29.0 Å². The first-order valence-electron chi connectivity index (χ1n) is 15.4. The molecular weight excluding hydrogens is 586 g/mol. The smallest absolute Gasteiger partial charge is 0.328 e. The maximum Gasteiger partial charge on any atom is 0.328 e. The molecule has 4 rings (SSSR count). The van der Waals surface area contributed by atoms with Gasteiger partial charge in [0, 0.05) is 44.0 Å². The number of carbonyl (C=O) groups is 2. The van der Waals surface area contributed by atoms with Gasteiger partial charge < -0.3 is 24.2 Å². The molecule has 1 aliphatic rings. The molecule has 3 heterocycles. The Hall–Kier alpha value is -4.16. The van der Waals surface area contributed by atoms with Crippen molar-refractivity contribution in [2.75, 3.05) is 31.7 Å². The fraction of sp³-hybridized carbons (Fsp3) is 0.562. The maximum atomic E-state index is 14.8. The average molecular weight is 629 g/mol. The highest BCUT2D eigenvalue weighted by molar-refractivity contribution is 5.97. The Balaban J connectivity index is 1.21. The van der Waals surface area contributed by atoms with Gasteiger partial charge in [-0.05, 0) is 49.9 Å². The molecule has 1 aliphatic heterocycles. The third-order valence-electron chi connectivity index (χ3n) is 7.61. The van der Waals surface area contributed by atoms with E-state index < -0.39 is 35.1 Å². The van der Waals surface area contributed by atoms with E-state index in [1.165, 1.54) is 7.11 Å². The fourth-order valence-electron chi connectivity index (χ4n) is 5.30. The number of ether oxygens (including phenoxy) is 2. The number of benzene rings is 1. The largest absolute Gasteiger partial charge is 0.493 e. The Kier molecular flexibility index (Phi) is 11.8. The van der Waals surface area contributed by atoms with Crippen molar-refractivity contribution < 1.29 is 32.4 Å². The third-order valence-corrected chi connectivity index (χ3v) is 7.61. The van der Waals surface area contributed by atoms with E-state index in [2.05, 4.69) is 44.2 Å². The predicted molar refractivity (Wildman–Crippen MR) is 163 cm³/mol. The Labute approximate surface area is 262 Å². The molecule has 1 aromatic carbocycles.